The molecule has 0 spiro atoms. The van der Waals surface area contributed by atoms with Gasteiger partial charge in [-0.1, -0.05) is 48.5 Å². The van der Waals surface area contributed by atoms with Crippen LogP contribution in [-0.2, 0) is 27.8 Å². The number of halogens is 3. The highest BCUT2D eigenvalue weighted by Crippen LogP contribution is 2.38. The van der Waals surface area contributed by atoms with Crippen molar-refractivity contribution in [2.24, 2.45) is 0 Å². The van der Waals surface area contributed by atoms with Gasteiger partial charge in [0.2, 0.25) is 0 Å². The molecule has 5 aromatic rings. The minimum Gasteiger partial charge on any atom is -0.486 e. The van der Waals surface area contributed by atoms with E-state index in [0.717, 1.165) is 78.3 Å². The Morgan fingerprint density at radius 2 is 1.63 bits per heavy atom. The van der Waals surface area contributed by atoms with Crippen molar-refractivity contribution in [1.82, 2.24) is 9.62 Å². The average molecular weight is 906 g/mol. The van der Waals surface area contributed by atoms with Crippen molar-refractivity contribution in [3.05, 3.63) is 136 Å². The van der Waals surface area contributed by atoms with E-state index in [1.54, 1.807) is 23.9 Å². The SMILES string of the molecule is O=C(NS(=O)(=O)c1ccc(NCCSc2ccccc2)c([N+](=O)[O-])c1)c1ccc2c(c1)CC[C@H]1CN(Cc3ccccc3-c3ccc4c(c3)OCCO4)CCN21.O=C(O)C(F)(F)F. The van der Waals surface area contributed by atoms with E-state index in [4.69, 9.17) is 19.4 Å². The molecule has 0 radical (unpaired) electrons. The summed E-state index contributed by atoms with van der Waals surface area (Å²) in [6.45, 7) is 4.91. The van der Waals surface area contributed by atoms with E-state index in [9.17, 15) is 36.5 Å². The molecule has 1 atom stereocenters. The first-order valence-electron chi connectivity index (χ1n) is 19.8. The predicted octanol–water partition coefficient (Wildman–Crippen LogP) is 7.63. The largest absolute Gasteiger partial charge is 0.490 e. The van der Waals surface area contributed by atoms with Gasteiger partial charge in [0.05, 0.1) is 9.82 Å². The number of nitro benzene ring substituents is 1. The maximum atomic E-state index is 13.3. The molecule has 3 heterocycles. The normalized spacial score (nSPS) is 15.8. The van der Waals surface area contributed by atoms with Crippen LogP contribution in [-0.4, -0.2) is 92.6 Å². The number of carboxylic acid groups (broad SMARTS) is 1. The molecular formula is C44H42F3N5O9S2. The van der Waals surface area contributed by atoms with E-state index >= 15 is 0 Å². The van der Waals surface area contributed by atoms with Gasteiger partial charge in [-0.2, -0.15) is 13.2 Å². The number of hydrogen-bond donors (Lipinski definition) is 3. The zero-order valence-electron chi connectivity index (χ0n) is 33.5. The predicted molar refractivity (Wildman–Crippen MR) is 231 cm³/mol. The number of sulfonamides is 1. The van der Waals surface area contributed by atoms with Crippen LogP contribution in [0, 0.1) is 10.1 Å². The third kappa shape index (κ3) is 11.0. The van der Waals surface area contributed by atoms with Crippen molar-refractivity contribution in [2.45, 2.75) is 41.4 Å². The molecule has 3 N–H and O–H groups in total. The monoisotopic (exact) mass is 905 g/mol. The Kier molecular flexibility index (Phi) is 13.8. The van der Waals surface area contributed by atoms with Crippen molar-refractivity contribution in [3.63, 3.8) is 0 Å². The van der Waals surface area contributed by atoms with Crippen molar-refractivity contribution < 1.29 is 50.7 Å². The topological polar surface area (TPSA) is 181 Å². The van der Waals surface area contributed by atoms with Crippen LogP contribution in [0.15, 0.2) is 119 Å². The smallest absolute Gasteiger partial charge is 0.486 e. The molecule has 3 aliphatic rings. The molecule has 330 valence electrons. The van der Waals surface area contributed by atoms with Crippen LogP contribution >= 0.6 is 11.8 Å². The number of aryl methyl sites for hydroxylation is 1. The van der Waals surface area contributed by atoms with Gasteiger partial charge in [0.15, 0.2) is 11.5 Å². The first-order chi connectivity index (χ1) is 30.2. The van der Waals surface area contributed by atoms with Crippen LogP contribution in [0.2, 0.25) is 0 Å². The lowest BCUT2D eigenvalue weighted by Crippen LogP contribution is -2.54. The fourth-order valence-corrected chi connectivity index (χ4v) is 9.42. The van der Waals surface area contributed by atoms with E-state index in [2.05, 4.69) is 56.2 Å². The molecule has 3 aliphatic heterocycles. The molecule has 1 fully saturated rings. The van der Waals surface area contributed by atoms with Crippen LogP contribution in [0.25, 0.3) is 11.1 Å². The fourth-order valence-electron chi connectivity index (χ4n) is 7.64. The minimum absolute atomic E-state index is 0.198. The number of nitro groups is 1. The first-order valence-corrected chi connectivity index (χ1v) is 22.3. The van der Waals surface area contributed by atoms with Crippen molar-refractivity contribution >= 4 is 50.7 Å². The highest BCUT2D eigenvalue weighted by Gasteiger charge is 2.38. The molecule has 19 heteroatoms. The maximum Gasteiger partial charge on any atom is 0.490 e. The molecule has 63 heavy (non-hydrogen) atoms. The van der Waals surface area contributed by atoms with Gasteiger partial charge in [-0.05, 0) is 89.7 Å². The lowest BCUT2D eigenvalue weighted by Gasteiger charge is -2.46. The molecule has 0 unspecified atom stereocenters. The number of fused-ring (bicyclic) bond motifs is 4. The van der Waals surface area contributed by atoms with Gasteiger partial charge in [-0.3, -0.25) is 19.8 Å². The molecule has 1 amide bonds. The molecular weight excluding hydrogens is 864 g/mol. The van der Waals surface area contributed by atoms with Gasteiger partial charge in [0.25, 0.3) is 21.6 Å². The van der Waals surface area contributed by atoms with Gasteiger partial charge in [-0.25, -0.2) is 17.9 Å². The quantitative estimate of drug-likeness (QED) is 0.0482. The van der Waals surface area contributed by atoms with Gasteiger partial charge in [0.1, 0.15) is 18.9 Å². The second-order valence-electron chi connectivity index (χ2n) is 14.7. The molecule has 0 saturated carbocycles. The summed E-state index contributed by atoms with van der Waals surface area (Å²) < 4.78 is 72.1. The highest BCUT2D eigenvalue weighted by molar-refractivity contribution is 7.99. The molecule has 0 bridgehead atoms. The summed E-state index contributed by atoms with van der Waals surface area (Å²) in [7, 11) is -4.40. The average Bonchev–Trinajstić information content (AvgIpc) is 3.27. The summed E-state index contributed by atoms with van der Waals surface area (Å²) in [5.41, 5.74) is 5.57. The Hall–Kier alpha value is -6.31. The Bertz CT molecular complexity index is 2600. The molecule has 1 saturated heterocycles. The number of ether oxygens (including phenoxy) is 2. The van der Waals surface area contributed by atoms with Crippen molar-refractivity contribution in [3.8, 4) is 22.6 Å². The Labute approximate surface area is 365 Å². The summed E-state index contributed by atoms with van der Waals surface area (Å²) in [5, 5.41) is 22.1. The van der Waals surface area contributed by atoms with E-state index in [0.29, 0.717) is 31.6 Å². The Morgan fingerprint density at radius 3 is 2.38 bits per heavy atom. The number of benzene rings is 5. The van der Waals surface area contributed by atoms with Gasteiger partial charge < -0.3 is 24.8 Å². The van der Waals surface area contributed by atoms with Crippen LogP contribution in [0.5, 0.6) is 11.5 Å². The summed E-state index contributed by atoms with van der Waals surface area (Å²) >= 11 is 1.60. The van der Waals surface area contributed by atoms with Crippen LogP contribution in [0.4, 0.5) is 30.2 Å². The van der Waals surface area contributed by atoms with Crippen LogP contribution in [0.1, 0.15) is 27.9 Å². The number of carbonyl (C=O) groups is 2. The molecule has 8 rings (SSSR count). The van der Waals surface area contributed by atoms with Crippen LogP contribution < -0.4 is 24.4 Å². The Morgan fingerprint density at radius 1 is 0.905 bits per heavy atom. The summed E-state index contributed by atoms with van der Waals surface area (Å²) in [4.78, 5) is 39.1. The van der Waals surface area contributed by atoms with E-state index in [-0.39, 0.29) is 16.1 Å². The van der Waals surface area contributed by atoms with E-state index < -0.39 is 38.7 Å². The minimum atomic E-state index is -5.08. The highest BCUT2D eigenvalue weighted by atomic mass is 32.2. The number of anilines is 2. The number of amides is 1. The molecule has 0 aliphatic carbocycles. The van der Waals surface area contributed by atoms with Crippen molar-refractivity contribution in [1.29, 1.82) is 0 Å². The third-order valence-corrected chi connectivity index (χ3v) is 12.9. The Balaban J connectivity index is 0.000000785. The van der Waals surface area contributed by atoms with Gasteiger partial charge >= 0.3 is 12.1 Å². The number of alkyl halides is 3. The zero-order chi connectivity index (χ0) is 44.7. The number of nitrogens with one attached hydrogen (secondary N) is 2. The lowest BCUT2D eigenvalue weighted by molar-refractivity contribution is -0.384. The third-order valence-electron chi connectivity index (χ3n) is 10.6. The number of thioether (sulfide) groups is 1. The number of rotatable bonds is 12. The molecule has 14 nitrogen and oxygen atoms in total. The standard InChI is InChI=1S/C42H41N5O7S2.C2HF3O2/c48-42(44-56(51,52)35-14-15-37(39(26-35)47(49)50)43-18-23-55-34-7-2-1-3-8-34)31-11-16-38-30(24-31)10-13-33-28-45(19-20-46(33)38)27-32-6-4-5-9-36(32)29-12-17-40-41(25-29)54-22-21-53-40;3-2(4,5)1(6)7/h1-9,11-12,14-17,24-26,33,43H,10,13,18-23,27-28H2,(H,44,48);(H,6,7)/t33-;/m0./s1. The van der Waals surface area contributed by atoms with E-state index in [1.165, 1.54) is 23.3 Å². The molecule has 5 aromatic carbocycles. The number of hydrogen-bond acceptors (Lipinski definition) is 12. The van der Waals surface area contributed by atoms with E-state index in [1.807, 2.05) is 42.5 Å². The first kappa shape index (κ1) is 44.7. The second-order valence-corrected chi connectivity index (χ2v) is 17.6. The summed E-state index contributed by atoms with van der Waals surface area (Å²) in [6, 6.07) is 33.6. The van der Waals surface area contributed by atoms with Crippen molar-refractivity contribution in [2.75, 3.05) is 55.4 Å². The number of piperazine rings is 1. The maximum absolute atomic E-state index is 13.3. The summed E-state index contributed by atoms with van der Waals surface area (Å²) in [6.07, 6.45) is -3.44. The fraction of sp³-hybridized carbons (Fsp3) is 0.273. The number of carboxylic acids is 1. The zero-order valence-corrected chi connectivity index (χ0v) is 35.2. The number of nitrogens with zero attached hydrogens (tertiary/aromatic N) is 3. The molecule has 0 aromatic heterocycles. The number of carbonyl (C=O) groups excluding carboxylic acids is 1. The van der Waals surface area contributed by atoms with Gasteiger partial charge in [-0.15, -0.1) is 11.8 Å². The second kappa shape index (κ2) is 19.4. The van der Waals surface area contributed by atoms with Gasteiger partial charge in [0, 0.05) is 66.7 Å². The summed E-state index contributed by atoms with van der Waals surface area (Å²) in [5.74, 6) is -1.35. The number of aliphatic carboxylic acids is 1. The van der Waals surface area contributed by atoms with Crippen LogP contribution in [0.3, 0.4) is 0 Å². The lowest BCUT2D eigenvalue weighted by atomic mass is 9.92.